The number of hydrogen-bond acceptors (Lipinski definition) is 9. The third-order valence-corrected chi connectivity index (χ3v) is 9.56. The van der Waals surface area contributed by atoms with Gasteiger partial charge >= 0.3 is 0 Å². The molecule has 2 aliphatic heterocycles. The highest BCUT2D eigenvalue weighted by Gasteiger charge is 2.58. The molecule has 5 aromatic rings. The maximum absolute atomic E-state index is 13.7. The van der Waals surface area contributed by atoms with Crippen LogP contribution in [0.4, 0.5) is 11.5 Å². The topological polar surface area (TPSA) is 139 Å². The fourth-order valence-corrected chi connectivity index (χ4v) is 7.84. The number of pyridine rings is 2. The van der Waals surface area contributed by atoms with E-state index in [1.807, 2.05) is 37.8 Å². The number of amides is 1. The van der Waals surface area contributed by atoms with Crippen LogP contribution in [-0.2, 0) is 11.8 Å². The van der Waals surface area contributed by atoms with Crippen LogP contribution in [0.2, 0.25) is 0 Å². The van der Waals surface area contributed by atoms with E-state index in [1.54, 1.807) is 47.2 Å². The lowest BCUT2D eigenvalue weighted by atomic mass is 9.55. The lowest BCUT2D eigenvalue weighted by Crippen LogP contribution is -2.64. The van der Waals surface area contributed by atoms with E-state index in [-0.39, 0.29) is 18.0 Å². The fraction of sp³-hybridized carbons (Fsp3) is 0.344. The molecule has 0 radical (unpaired) electrons. The van der Waals surface area contributed by atoms with Gasteiger partial charge < -0.3 is 15.0 Å². The molecule has 220 valence electrons. The van der Waals surface area contributed by atoms with Gasteiger partial charge in [0.25, 0.3) is 0 Å². The number of piperidine rings is 2. The lowest BCUT2D eigenvalue weighted by molar-refractivity contribution is -0.134. The van der Waals surface area contributed by atoms with Gasteiger partial charge in [-0.2, -0.15) is 15.5 Å². The van der Waals surface area contributed by atoms with E-state index in [0.717, 1.165) is 54.6 Å². The Hall–Kier alpha value is -5.31. The molecule has 12 heteroatoms. The Kier molecular flexibility index (Phi) is 5.91. The highest BCUT2D eigenvalue weighted by molar-refractivity contribution is 5.96. The molecule has 44 heavy (non-hydrogen) atoms. The monoisotopic (exact) mass is 586 g/mol. The second kappa shape index (κ2) is 9.87. The predicted octanol–water partition coefficient (Wildman–Crippen LogP) is 4.24. The van der Waals surface area contributed by atoms with Crippen molar-refractivity contribution in [2.45, 2.75) is 44.2 Å². The van der Waals surface area contributed by atoms with Gasteiger partial charge in [0.05, 0.1) is 66.0 Å². The number of fused-ring (bicyclic) bond motifs is 1. The number of anilines is 2. The molecule has 12 nitrogen and oxygen atoms in total. The van der Waals surface area contributed by atoms with Crippen LogP contribution >= 0.6 is 0 Å². The van der Waals surface area contributed by atoms with Crippen LogP contribution < -0.4 is 15.0 Å². The molecule has 0 unspecified atom stereocenters. The summed E-state index contributed by atoms with van der Waals surface area (Å²) in [6.07, 6.45) is 17.1. The van der Waals surface area contributed by atoms with Gasteiger partial charge in [0, 0.05) is 54.3 Å². The number of methoxy groups -OCH3 is 1. The molecule has 7 heterocycles. The number of rotatable bonds is 6. The number of hydrogen-bond donors (Lipinski definition) is 1. The fourth-order valence-electron chi connectivity index (χ4n) is 7.84. The first-order valence-electron chi connectivity index (χ1n) is 14.8. The number of carbonyl (C=O) groups is 1. The standard InChI is InChI=1S/C32H30N10O2/c1-40-17-22(13-37-40)20-7-26(30-21(11-33)12-38-41(30)18-20)27-15-35-28(16-34-27)42-24-5-19-6-25(42)10-32(8-19,9-24)31(43)39-23-3-4-29(44-2)36-14-23/h3-4,7,12-19,24-25H,5-6,8-10H2,1-2H3,(H,39,43)/t19-,24-,25+,32-. The molecule has 1 amide bonds. The van der Waals surface area contributed by atoms with Crippen LogP contribution in [0.5, 0.6) is 5.88 Å². The summed E-state index contributed by atoms with van der Waals surface area (Å²) in [4.78, 5) is 30.1. The molecule has 4 bridgehead atoms. The summed E-state index contributed by atoms with van der Waals surface area (Å²) in [5.41, 5.74) is 4.75. The van der Waals surface area contributed by atoms with Gasteiger partial charge in [-0.1, -0.05) is 0 Å². The maximum atomic E-state index is 13.7. The van der Waals surface area contributed by atoms with Crippen molar-refractivity contribution in [1.82, 2.24) is 34.3 Å². The van der Waals surface area contributed by atoms with Crippen molar-refractivity contribution in [3.63, 3.8) is 0 Å². The van der Waals surface area contributed by atoms with E-state index in [2.05, 4.69) is 31.5 Å². The minimum atomic E-state index is -0.395. The van der Waals surface area contributed by atoms with Gasteiger partial charge in [-0.25, -0.2) is 14.5 Å². The molecule has 4 aliphatic rings. The van der Waals surface area contributed by atoms with Gasteiger partial charge in [-0.05, 0) is 50.2 Å². The van der Waals surface area contributed by atoms with Crippen molar-refractivity contribution < 1.29 is 9.53 Å². The van der Waals surface area contributed by atoms with Crippen molar-refractivity contribution in [1.29, 1.82) is 5.26 Å². The van der Waals surface area contributed by atoms with Crippen LogP contribution in [0.3, 0.4) is 0 Å². The molecule has 4 atom stereocenters. The molecule has 4 fully saturated rings. The number of aromatic nitrogens is 7. The molecule has 2 aliphatic carbocycles. The van der Waals surface area contributed by atoms with Crippen LogP contribution in [-0.4, -0.2) is 59.4 Å². The number of nitrogens with zero attached hydrogens (tertiary/aromatic N) is 9. The number of carbonyl (C=O) groups excluding carboxylic acids is 1. The summed E-state index contributed by atoms with van der Waals surface area (Å²) in [7, 11) is 3.45. The predicted molar refractivity (Wildman–Crippen MR) is 162 cm³/mol. The second-order valence-corrected chi connectivity index (χ2v) is 12.3. The van der Waals surface area contributed by atoms with Crippen LogP contribution in [0.25, 0.3) is 27.9 Å². The first-order valence-corrected chi connectivity index (χ1v) is 14.8. The van der Waals surface area contributed by atoms with E-state index in [9.17, 15) is 10.1 Å². The molecule has 0 spiro atoms. The third kappa shape index (κ3) is 4.18. The third-order valence-electron chi connectivity index (χ3n) is 9.56. The van der Waals surface area contributed by atoms with Gasteiger partial charge in [0.2, 0.25) is 11.8 Å². The zero-order chi connectivity index (χ0) is 30.0. The van der Waals surface area contributed by atoms with E-state index in [0.29, 0.717) is 34.3 Å². The van der Waals surface area contributed by atoms with Gasteiger partial charge in [-0.3, -0.25) is 14.5 Å². The van der Waals surface area contributed by atoms with E-state index in [4.69, 9.17) is 14.7 Å². The normalized spacial score (nSPS) is 23.6. The lowest BCUT2D eigenvalue weighted by Gasteiger charge is -2.61. The average molecular weight is 587 g/mol. The van der Waals surface area contributed by atoms with Gasteiger partial charge in [-0.15, -0.1) is 0 Å². The summed E-state index contributed by atoms with van der Waals surface area (Å²) in [5.74, 6) is 1.94. The number of nitriles is 1. The van der Waals surface area contributed by atoms with Crippen LogP contribution in [0.15, 0.2) is 61.6 Å². The second-order valence-electron chi connectivity index (χ2n) is 12.3. The summed E-state index contributed by atoms with van der Waals surface area (Å²) in [5, 5.41) is 21.7. The maximum Gasteiger partial charge on any atom is 0.230 e. The van der Waals surface area contributed by atoms with E-state index in [1.165, 1.54) is 0 Å². The Morgan fingerprint density at radius 1 is 1.00 bits per heavy atom. The molecule has 2 saturated carbocycles. The SMILES string of the molecule is COc1ccc(NC(=O)[C@]23C[C@@H]4C[C@H](C2)N(c2cnc(-c5cc(-c6cnn(C)c6)cn6ncc(C#N)c56)cn2)[C@@H](C4)C3)cn1. The molecule has 0 aromatic carbocycles. The largest absolute Gasteiger partial charge is 0.481 e. The van der Waals surface area contributed by atoms with Crippen molar-refractivity contribution in [3.8, 4) is 34.3 Å². The minimum absolute atomic E-state index is 0.0802. The quantitative estimate of drug-likeness (QED) is 0.309. The summed E-state index contributed by atoms with van der Waals surface area (Å²) >= 11 is 0. The van der Waals surface area contributed by atoms with E-state index >= 15 is 0 Å². The van der Waals surface area contributed by atoms with Gasteiger partial charge in [0.1, 0.15) is 11.9 Å². The molecule has 9 rings (SSSR count). The molecule has 2 saturated heterocycles. The van der Waals surface area contributed by atoms with Gasteiger partial charge in [0.15, 0.2) is 0 Å². The van der Waals surface area contributed by atoms with Crippen molar-refractivity contribution in [3.05, 3.63) is 67.1 Å². The number of aryl methyl sites for hydroxylation is 1. The Morgan fingerprint density at radius 2 is 1.84 bits per heavy atom. The molecular weight excluding hydrogens is 556 g/mol. The van der Waals surface area contributed by atoms with Crippen molar-refractivity contribution in [2.24, 2.45) is 18.4 Å². The van der Waals surface area contributed by atoms with Crippen LogP contribution in [0, 0.1) is 22.7 Å². The Labute approximate surface area is 253 Å². The first kappa shape index (κ1) is 26.3. The summed E-state index contributed by atoms with van der Waals surface area (Å²) in [6, 6.07) is 8.31. The highest BCUT2D eigenvalue weighted by Crippen LogP contribution is 2.57. The molecule has 5 aromatic heterocycles. The zero-order valence-electron chi connectivity index (χ0n) is 24.4. The smallest absolute Gasteiger partial charge is 0.230 e. The van der Waals surface area contributed by atoms with E-state index < -0.39 is 5.41 Å². The molecular formula is C32H30N10O2. The first-order chi connectivity index (χ1) is 21.4. The number of ether oxygens (including phenoxy) is 1. The highest BCUT2D eigenvalue weighted by atomic mass is 16.5. The molecule has 1 N–H and O–H groups in total. The Bertz CT molecular complexity index is 1920. The van der Waals surface area contributed by atoms with Crippen LogP contribution in [0.1, 0.15) is 37.7 Å². The Balaban J connectivity index is 1.08. The van der Waals surface area contributed by atoms with Crippen molar-refractivity contribution in [2.75, 3.05) is 17.3 Å². The zero-order valence-corrected chi connectivity index (χ0v) is 24.4. The van der Waals surface area contributed by atoms with Crippen molar-refractivity contribution >= 4 is 22.9 Å². The Morgan fingerprint density at radius 3 is 2.50 bits per heavy atom. The minimum Gasteiger partial charge on any atom is -0.481 e. The number of nitrogens with one attached hydrogen (secondary N) is 1. The summed E-state index contributed by atoms with van der Waals surface area (Å²) < 4.78 is 8.62. The summed E-state index contributed by atoms with van der Waals surface area (Å²) in [6.45, 7) is 0. The average Bonchev–Trinajstić information content (AvgIpc) is 3.67.